The van der Waals surface area contributed by atoms with Gasteiger partial charge in [0.1, 0.15) is 6.33 Å². The van der Waals surface area contributed by atoms with Crippen molar-refractivity contribution in [3.8, 4) is 0 Å². The summed E-state index contributed by atoms with van der Waals surface area (Å²) in [5.74, 6) is 0.628. The van der Waals surface area contributed by atoms with E-state index in [0.29, 0.717) is 18.5 Å². The summed E-state index contributed by atoms with van der Waals surface area (Å²) in [6, 6.07) is 7.33. The zero-order valence-electron chi connectivity index (χ0n) is 9.93. The van der Waals surface area contributed by atoms with Gasteiger partial charge in [0.25, 0.3) is 5.91 Å². The van der Waals surface area contributed by atoms with Crippen molar-refractivity contribution in [2.75, 3.05) is 6.54 Å². The van der Waals surface area contributed by atoms with Crippen molar-refractivity contribution in [1.29, 1.82) is 0 Å². The molecular weight excluding hydrogens is 296 g/mol. The lowest BCUT2D eigenvalue weighted by Crippen LogP contribution is -2.26. The first-order chi connectivity index (χ1) is 8.66. The van der Waals surface area contributed by atoms with Crippen LogP contribution in [-0.2, 0) is 13.5 Å². The number of halogens is 1. The normalized spacial score (nSPS) is 10.3. The minimum absolute atomic E-state index is 0.0987. The number of rotatable bonds is 4. The molecule has 0 atom stereocenters. The molecule has 2 aromatic rings. The van der Waals surface area contributed by atoms with Crippen molar-refractivity contribution in [2.45, 2.75) is 6.42 Å². The molecule has 1 aromatic carbocycles. The molecule has 0 aliphatic heterocycles. The fourth-order valence-corrected chi connectivity index (χ4v) is 1.99. The van der Waals surface area contributed by atoms with Crippen LogP contribution in [0.3, 0.4) is 0 Å². The van der Waals surface area contributed by atoms with Crippen molar-refractivity contribution in [3.05, 3.63) is 46.5 Å². The Morgan fingerprint density at radius 3 is 2.89 bits per heavy atom. The minimum Gasteiger partial charge on any atom is -0.352 e. The zero-order valence-corrected chi connectivity index (χ0v) is 11.5. The van der Waals surface area contributed by atoms with Gasteiger partial charge in [-0.2, -0.15) is 5.10 Å². The van der Waals surface area contributed by atoms with E-state index in [1.54, 1.807) is 17.1 Å². The quantitative estimate of drug-likeness (QED) is 0.932. The molecule has 0 bridgehead atoms. The van der Waals surface area contributed by atoms with E-state index < -0.39 is 0 Å². The average molecular weight is 309 g/mol. The highest BCUT2D eigenvalue weighted by atomic mass is 79.9. The van der Waals surface area contributed by atoms with Gasteiger partial charge in [0.2, 0.25) is 0 Å². The molecule has 2 rings (SSSR count). The van der Waals surface area contributed by atoms with Crippen molar-refractivity contribution in [2.24, 2.45) is 7.05 Å². The Bertz CT molecular complexity index is 553. The number of nitrogens with one attached hydrogen (secondary N) is 1. The van der Waals surface area contributed by atoms with Gasteiger partial charge in [-0.15, -0.1) is 0 Å². The Hall–Kier alpha value is -1.69. The third-order valence-corrected chi connectivity index (χ3v) is 3.09. The molecule has 94 valence electrons. The number of carbonyl (C=O) groups excluding carboxylic acids is 1. The lowest BCUT2D eigenvalue weighted by Gasteiger charge is -2.05. The molecule has 5 nitrogen and oxygen atoms in total. The third kappa shape index (κ3) is 3.16. The molecule has 1 aromatic heterocycles. The molecule has 6 heteroatoms. The molecule has 0 saturated carbocycles. The van der Waals surface area contributed by atoms with E-state index >= 15 is 0 Å². The average Bonchev–Trinajstić information content (AvgIpc) is 2.75. The highest BCUT2D eigenvalue weighted by Crippen LogP contribution is 2.15. The first kappa shape index (κ1) is 12.8. The van der Waals surface area contributed by atoms with Gasteiger partial charge in [-0.1, -0.05) is 12.1 Å². The highest BCUT2D eigenvalue weighted by Gasteiger charge is 2.08. The first-order valence-corrected chi connectivity index (χ1v) is 6.33. The zero-order chi connectivity index (χ0) is 13.0. The number of carbonyl (C=O) groups is 1. The maximum absolute atomic E-state index is 11.9. The van der Waals surface area contributed by atoms with Gasteiger partial charge in [0, 0.05) is 24.5 Å². The summed E-state index contributed by atoms with van der Waals surface area (Å²) in [6.45, 7) is 0.518. The number of amides is 1. The van der Waals surface area contributed by atoms with Crippen LogP contribution in [0.1, 0.15) is 16.2 Å². The minimum atomic E-state index is -0.0987. The number of hydrogen-bond donors (Lipinski definition) is 1. The molecule has 0 spiro atoms. The number of aryl methyl sites for hydroxylation is 1. The van der Waals surface area contributed by atoms with E-state index in [1.807, 2.05) is 25.2 Å². The fraction of sp³-hybridized carbons (Fsp3) is 0.250. The molecule has 0 radical (unpaired) electrons. The lowest BCUT2D eigenvalue weighted by molar-refractivity contribution is 0.0953. The first-order valence-electron chi connectivity index (χ1n) is 5.54. The van der Waals surface area contributed by atoms with Gasteiger partial charge in [0.15, 0.2) is 5.82 Å². The largest absolute Gasteiger partial charge is 0.352 e. The molecule has 0 saturated heterocycles. The van der Waals surface area contributed by atoms with E-state index in [0.717, 1.165) is 10.3 Å². The van der Waals surface area contributed by atoms with E-state index in [1.165, 1.54) is 0 Å². The van der Waals surface area contributed by atoms with Crippen LogP contribution in [0.4, 0.5) is 0 Å². The van der Waals surface area contributed by atoms with Crippen LogP contribution < -0.4 is 5.32 Å². The van der Waals surface area contributed by atoms with Crippen LogP contribution in [0, 0.1) is 0 Å². The molecule has 0 aliphatic carbocycles. The van der Waals surface area contributed by atoms with Crippen LogP contribution in [0.5, 0.6) is 0 Å². The summed E-state index contributed by atoms with van der Waals surface area (Å²) in [4.78, 5) is 16.0. The van der Waals surface area contributed by atoms with Gasteiger partial charge >= 0.3 is 0 Å². The second-order valence-corrected chi connectivity index (χ2v) is 4.67. The molecule has 1 N–H and O–H groups in total. The lowest BCUT2D eigenvalue weighted by atomic mass is 10.2. The van der Waals surface area contributed by atoms with Crippen LogP contribution in [0.2, 0.25) is 0 Å². The van der Waals surface area contributed by atoms with Crippen LogP contribution >= 0.6 is 15.9 Å². The second-order valence-electron chi connectivity index (χ2n) is 3.82. The van der Waals surface area contributed by atoms with Crippen molar-refractivity contribution in [3.63, 3.8) is 0 Å². The number of hydrogen-bond acceptors (Lipinski definition) is 3. The maximum atomic E-state index is 11.9. The predicted octanol–water partition coefficient (Wildman–Crippen LogP) is 1.55. The van der Waals surface area contributed by atoms with Crippen LogP contribution in [-0.4, -0.2) is 27.2 Å². The number of aromatic nitrogens is 3. The standard InChI is InChI=1S/C12H13BrN4O/c1-17-8-15-11(16-17)6-7-14-12(18)9-4-2-3-5-10(9)13/h2-5,8H,6-7H2,1H3,(H,14,18). The van der Waals surface area contributed by atoms with Crippen LogP contribution in [0.15, 0.2) is 35.1 Å². The summed E-state index contributed by atoms with van der Waals surface area (Å²) in [5.41, 5.74) is 0.631. The molecular formula is C12H13BrN4O. The second kappa shape index (κ2) is 5.77. The highest BCUT2D eigenvalue weighted by molar-refractivity contribution is 9.10. The van der Waals surface area contributed by atoms with E-state index in [-0.39, 0.29) is 5.91 Å². The Labute approximate surface area is 113 Å². The number of benzene rings is 1. The van der Waals surface area contributed by atoms with Crippen molar-refractivity contribution >= 4 is 21.8 Å². The van der Waals surface area contributed by atoms with Gasteiger partial charge in [0.05, 0.1) is 5.56 Å². The Kier molecular flexibility index (Phi) is 4.09. The summed E-state index contributed by atoms with van der Waals surface area (Å²) in [5, 5.41) is 6.98. The topological polar surface area (TPSA) is 59.8 Å². The molecule has 18 heavy (non-hydrogen) atoms. The van der Waals surface area contributed by atoms with Crippen molar-refractivity contribution < 1.29 is 4.79 Å². The van der Waals surface area contributed by atoms with Gasteiger partial charge < -0.3 is 5.32 Å². The van der Waals surface area contributed by atoms with Gasteiger partial charge in [-0.05, 0) is 28.1 Å². The Balaban J connectivity index is 1.87. The number of nitrogens with zero attached hydrogens (tertiary/aromatic N) is 3. The summed E-state index contributed by atoms with van der Waals surface area (Å²) in [6.07, 6.45) is 2.27. The van der Waals surface area contributed by atoms with Crippen molar-refractivity contribution in [1.82, 2.24) is 20.1 Å². The SMILES string of the molecule is Cn1cnc(CCNC(=O)c2ccccc2Br)n1. The van der Waals surface area contributed by atoms with E-state index in [4.69, 9.17) is 0 Å². The molecule has 0 fully saturated rings. The monoisotopic (exact) mass is 308 g/mol. The fourth-order valence-electron chi connectivity index (χ4n) is 1.53. The maximum Gasteiger partial charge on any atom is 0.252 e. The summed E-state index contributed by atoms with van der Waals surface area (Å²) < 4.78 is 2.43. The molecule has 0 unspecified atom stereocenters. The van der Waals surface area contributed by atoms with Gasteiger partial charge in [-0.25, -0.2) is 4.98 Å². The van der Waals surface area contributed by atoms with E-state index in [9.17, 15) is 4.79 Å². The molecule has 0 aliphatic rings. The smallest absolute Gasteiger partial charge is 0.252 e. The predicted molar refractivity (Wildman–Crippen MR) is 71.2 cm³/mol. The Morgan fingerprint density at radius 2 is 2.22 bits per heavy atom. The molecule has 1 heterocycles. The molecule has 1 amide bonds. The third-order valence-electron chi connectivity index (χ3n) is 2.40. The Morgan fingerprint density at radius 1 is 1.44 bits per heavy atom. The van der Waals surface area contributed by atoms with Crippen LogP contribution in [0.25, 0.3) is 0 Å². The summed E-state index contributed by atoms with van der Waals surface area (Å²) in [7, 11) is 1.82. The van der Waals surface area contributed by atoms with E-state index in [2.05, 4.69) is 31.3 Å². The van der Waals surface area contributed by atoms with Gasteiger partial charge in [-0.3, -0.25) is 9.48 Å². The summed E-state index contributed by atoms with van der Waals surface area (Å²) >= 11 is 3.35.